The number of hydrogen-bond donors (Lipinski definition) is 3. The van der Waals surface area contributed by atoms with Crippen LogP contribution in [0.15, 0.2) is 23.1 Å². The summed E-state index contributed by atoms with van der Waals surface area (Å²) in [5, 5.41) is 3.33. The summed E-state index contributed by atoms with van der Waals surface area (Å²) >= 11 is 0. The second-order valence-electron chi connectivity index (χ2n) is 5.26. The molecule has 4 N–H and O–H groups in total. The number of anilines is 2. The molecule has 0 saturated heterocycles. The van der Waals surface area contributed by atoms with Crippen LogP contribution in [0.4, 0.5) is 11.4 Å². The minimum Gasteiger partial charge on any atom is -0.397 e. The molecule has 21 heavy (non-hydrogen) atoms. The van der Waals surface area contributed by atoms with E-state index in [9.17, 15) is 8.42 Å². The molecule has 1 aromatic carbocycles. The number of nitrogens with two attached hydrogens (primary N) is 1. The van der Waals surface area contributed by atoms with Crippen LogP contribution >= 0.6 is 0 Å². The maximum Gasteiger partial charge on any atom is 0.240 e. The molecule has 1 aliphatic carbocycles. The van der Waals surface area contributed by atoms with Crippen molar-refractivity contribution >= 4 is 21.4 Å². The fourth-order valence-electron chi connectivity index (χ4n) is 2.61. The lowest BCUT2D eigenvalue weighted by Crippen LogP contribution is -2.24. The number of hydrogen-bond acceptors (Lipinski definition) is 5. The Labute approximate surface area is 126 Å². The van der Waals surface area contributed by atoms with Gasteiger partial charge in [0, 0.05) is 19.7 Å². The molecule has 0 amide bonds. The molecule has 2 atom stereocenters. The summed E-state index contributed by atoms with van der Waals surface area (Å²) in [5.41, 5.74) is 7.15. The number of methoxy groups -OCH3 is 1. The highest BCUT2D eigenvalue weighted by atomic mass is 32.2. The van der Waals surface area contributed by atoms with E-state index in [-0.39, 0.29) is 17.0 Å². The van der Waals surface area contributed by atoms with Gasteiger partial charge in [0.2, 0.25) is 10.0 Å². The van der Waals surface area contributed by atoms with Crippen molar-refractivity contribution < 1.29 is 13.2 Å². The topological polar surface area (TPSA) is 93.5 Å². The van der Waals surface area contributed by atoms with Crippen LogP contribution in [0, 0.1) is 0 Å². The van der Waals surface area contributed by atoms with E-state index < -0.39 is 10.0 Å². The summed E-state index contributed by atoms with van der Waals surface area (Å²) < 4.78 is 31.9. The van der Waals surface area contributed by atoms with Gasteiger partial charge in [-0.2, -0.15) is 0 Å². The van der Waals surface area contributed by atoms with Gasteiger partial charge in [-0.25, -0.2) is 13.1 Å². The van der Waals surface area contributed by atoms with Crippen LogP contribution in [0.3, 0.4) is 0 Å². The van der Waals surface area contributed by atoms with E-state index in [1.54, 1.807) is 26.2 Å². The summed E-state index contributed by atoms with van der Waals surface area (Å²) in [4.78, 5) is 0.224. The first-order valence-corrected chi connectivity index (χ1v) is 8.63. The van der Waals surface area contributed by atoms with Gasteiger partial charge in [0.1, 0.15) is 0 Å². The Kier molecular flexibility index (Phi) is 5.08. The monoisotopic (exact) mass is 313 g/mol. The first-order valence-electron chi connectivity index (χ1n) is 7.14. The van der Waals surface area contributed by atoms with Crippen molar-refractivity contribution in [1.29, 1.82) is 0 Å². The summed E-state index contributed by atoms with van der Waals surface area (Å²) in [5.74, 6) is 0. The smallest absolute Gasteiger partial charge is 0.240 e. The third-order valence-corrected chi connectivity index (χ3v) is 5.29. The van der Waals surface area contributed by atoms with E-state index in [1.807, 2.05) is 0 Å². The lowest BCUT2D eigenvalue weighted by molar-refractivity contribution is 0.108. The van der Waals surface area contributed by atoms with Crippen LogP contribution in [-0.2, 0) is 14.8 Å². The molecule has 6 nitrogen and oxygen atoms in total. The number of benzene rings is 1. The molecule has 0 aromatic heterocycles. The van der Waals surface area contributed by atoms with Gasteiger partial charge in [-0.15, -0.1) is 0 Å². The van der Waals surface area contributed by atoms with Crippen molar-refractivity contribution in [1.82, 2.24) is 4.72 Å². The van der Waals surface area contributed by atoms with Crippen LogP contribution in [0.2, 0.25) is 0 Å². The Morgan fingerprint density at radius 1 is 1.38 bits per heavy atom. The zero-order chi connectivity index (χ0) is 15.5. The maximum atomic E-state index is 12.0. The molecule has 118 valence electrons. The number of nitrogen functional groups attached to an aromatic ring is 1. The molecule has 0 aliphatic heterocycles. The Balaban J connectivity index is 2.16. The lowest BCUT2D eigenvalue weighted by atomic mass is 10.2. The lowest BCUT2D eigenvalue weighted by Gasteiger charge is -2.17. The fourth-order valence-corrected chi connectivity index (χ4v) is 3.67. The minimum absolute atomic E-state index is 0.224. The van der Waals surface area contributed by atoms with Crippen molar-refractivity contribution in [2.24, 2.45) is 0 Å². The SMILES string of the molecule is CCNS(=O)(=O)c1ccc(N)c(NC2CCC(OC)C2)c1. The molecule has 2 unspecified atom stereocenters. The van der Waals surface area contributed by atoms with Crippen LogP contribution in [0.5, 0.6) is 0 Å². The predicted molar refractivity (Wildman–Crippen MR) is 83.8 cm³/mol. The summed E-state index contributed by atoms with van der Waals surface area (Å²) in [6.45, 7) is 2.10. The van der Waals surface area contributed by atoms with Gasteiger partial charge in [-0.05, 0) is 37.5 Å². The normalized spacial score (nSPS) is 22.4. The first-order chi connectivity index (χ1) is 9.96. The molecule has 7 heteroatoms. The number of rotatable bonds is 6. The van der Waals surface area contributed by atoms with Gasteiger partial charge in [-0.1, -0.05) is 6.92 Å². The molecule has 1 aromatic rings. The second-order valence-corrected chi connectivity index (χ2v) is 7.03. The van der Waals surface area contributed by atoms with Crippen molar-refractivity contribution in [3.05, 3.63) is 18.2 Å². The molecule has 2 rings (SSSR count). The average Bonchev–Trinajstić information content (AvgIpc) is 2.88. The van der Waals surface area contributed by atoms with Gasteiger partial charge in [0.25, 0.3) is 0 Å². The maximum absolute atomic E-state index is 12.0. The first kappa shape index (κ1) is 16.1. The Hall–Kier alpha value is -1.31. The third kappa shape index (κ3) is 3.87. The van der Waals surface area contributed by atoms with E-state index in [0.29, 0.717) is 17.9 Å². The molecule has 0 bridgehead atoms. The van der Waals surface area contributed by atoms with Crippen LogP contribution in [0.1, 0.15) is 26.2 Å². The summed E-state index contributed by atoms with van der Waals surface area (Å²) in [7, 11) is -1.76. The van der Waals surface area contributed by atoms with E-state index in [2.05, 4.69) is 10.0 Å². The van der Waals surface area contributed by atoms with Gasteiger partial charge < -0.3 is 15.8 Å². The van der Waals surface area contributed by atoms with Crippen molar-refractivity contribution in [2.45, 2.75) is 43.2 Å². The van der Waals surface area contributed by atoms with E-state index in [0.717, 1.165) is 19.3 Å². The zero-order valence-electron chi connectivity index (χ0n) is 12.4. The van der Waals surface area contributed by atoms with Crippen LogP contribution in [-0.4, -0.2) is 34.2 Å². The molecule has 1 fully saturated rings. The number of ether oxygens (including phenoxy) is 1. The Bertz CT molecular complexity index is 589. The van der Waals surface area contributed by atoms with E-state index in [4.69, 9.17) is 10.5 Å². The highest BCUT2D eigenvalue weighted by Crippen LogP contribution is 2.29. The standard InChI is InChI=1S/C14H23N3O3S/c1-3-16-21(18,19)12-6-7-13(15)14(9-12)17-10-4-5-11(8-10)20-2/h6-7,9-11,16-17H,3-5,8,15H2,1-2H3. The third-order valence-electron chi connectivity index (χ3n) is 3.75. The molecule has 0 heterocycles. The summed E-state index contributed by atoms with van der Waals surface area (Å²) in [6, 6.07) is 4.99. The molecular weight excluding hydrogens is 290 g/mol. The van der Waals surface area contributed by atoms with Crippen molar-refractivity contribution in [3.8, 4) is 0 Å². The Morgan fingerprint density at radius 3 is 2.76 bits per heavy atom. The fraction of sp³-hybridized carbons (Fsp3) is 0.571. The van der Waals surface area contributed by atoms with Crippen LogP contribution < -0.4 is 15.8 Å². The molecule has 0 spiro atoms. The Morgan fingerprint density at radius 2 is 2.14 bits per heavy atom. The quantitative estimate of drug-likeness (QED) is 0.693. The van der Waals surface area contributed by atoms with Crippen molar-refractivity contribution in [3.63, 3.8) is 0 Å². The van der Waals surface area contributed by atoms with Crippen molar-refractivity contribution in [2.75, 3.05) is 24.7 Å². The molecule has 1 saturated carbocycles. The zero-order valence-corrected chi connectivity index (χ0v) is 13.2. The largest absolute Gasteiger partial charge is 0.397 e. The van der Waals surface area contributed by atoms with Gasteiger partial charge in [-0.3, -0.25) is 0 Å². The molecular formula is C14H23N3O3S. The van der Waals surface area contributed by atoms with E-state index >= 15 is 0 Å². The number of nitrogens with one attached hydrogen (secondary N) is 2. The molecule has 1 aliphatic rings. The van der Waals surface area contributed by atoms with Crippen LogP contribution in [0.25, 0.3) is 0 Å². The average molecular weight is 313 g/mol. The van der Waals surface area contributed by atoms with E-state index in [1.165, 1.54) is 6.07 Å². The highest BCUT2D eigenvalue weighted by Gasteiger charge is 2.25. The highest BCUT2D eigenvalue weighted by molar-refractivity contribution is 7.89. The van der Waals surface area contributed by atoms with Gasteiger partial charge in [0.15, 0.2) is 0 Å². The van der Waals surface area contributed by atoms with Gasteiger partial charge >= 0.3 is 0 Å². The predicted octanol–water partition coefficient (Wildman–Crippen LogP) is 1.55. The second kappa shape index (κ2) is 6.64. The summed E-state index contributed by atoms with van der Waals surface area (Å²) in [6.07, 6.45) is 3.16. The number of sulfonamides is 1. The molecule has 0 radical (unpaired) electrons. The minimum atomic E-state index is -3.47. The van der Waals surface area contributed by atoms with Gasteiger partial charge in [0.05, 0.1) is 22.4 Å².